The largest absolute Gasteiger partial charge is 0.368 e. The van der Waals surface area contributed by atoms with Gasteiger partial charge in [0, 0.05) is 38.5 Å². The molecule has 1 atom stereocenters. The van der Waals surface area contributed by atoms with Gasteiger partial charge < -0.3 is 18.9 Å². The van der Waals surface area contributed by atoms with Crippen LogP contribution >= 0.6 is 23.5 Å². The molecule has 0 bridgehead atoms. The molecule has 3 aromatic carbocycles. The van der Waals surface area contributed by atoms with Crippen LogP contribution in [0.5, 0.6) is 0 Å². The SMILES string of the molecule is CCOP(=O)(OCC)C(Nc1ccc(C)cc1)c1ccc2c(c1)c1cc(Br)ccc1n2CC. The van der Waals surface area contributed by atoms with Gasteiger partial charge in [0.1, 0.15) is 0 Å². The van der Waals surface area contributed by atoms with Crippen molar-refractivity contribution in [3.63, 3.8) is 0 Å². The molecule has 1 unspecified atom stereocenters. The minimum Gasteiger partial charge on any atom is -0.368 e. The number of rotatable bonds is 9. The van der Waals surface area contributed by atoms with Crippen LogP contribution in [0, 0.1) is 6.92 Å². The summed E-state index contributed by atoms with van der Waals surface area (Å²) in [6.45, 7) is 9.33. The van der Waals surface area contributed by atoms with Gasteiger partial charge in [-0.3, -0.25) is 4.57 Å². The van der Waals surface area contributed by atoms with E-state index in [9.17, 15) is 4.57 Å². The van der Waals surface area contributed by atoms with Gasteiger partial charge in [0.2, 0.25) is 0 Å². The van der Waals surface area contributed by atoms with Gasteiger partial charge in [0.25, 0.3) is 0 Å². The Kier molecular flexibility index (Phi) is 7.30. The number of aromatic nitrogens is 1. The highest BCUT2D eigenvalue weighted by molar-refractivity contribution is 9.10. The molecule has 0 radical (unpaired) electrons. The molecular weight excluding hydrogens is 499 g/mol. The quantitative estimate of drug-likeness (QED) is 0.222. The Morgan fingerprint density at radius 1 is 0.909 bits per heavy atom. The normalized spacial score (nSPS) is 13.0. The number of nitrogens with one attached hydrogen (secondary N) is 1. The van der Waals surface area contributed by atoms with Crippen LogP contribution in [0.4, 0.5) is 5.69 Å². The van der Waals surface area contributed by atoms with Crippen molar-refractivity contribution >= 4 is 51.0 Å². The monoisotopic (exact) mass is 528 g/mol. The predicted octanol–water partition coefficient (Wildman–Crippen LogP) is 8.26. The van der Waals surface area contributed by atoms with Gasteiger partial charge in [-0.2, -0.15) is 0 Å². The fraction of sp³-hybridized carbons (Fsp3) is 0.308. The van der Waals surface area contributed by atoms with Gasteiger partial charge in [-0.15, -0.1) is 0 Å². The number of hydrogen-bond acceptors (Lipinski definition) is 4. The Balaban J connectivity index is 1.90. The van der Waals surface area contributed by atoms with E-state index in [0.717, 1.165) is 44.1 Å². The molecule has 0 amide bonds. The van der Waals surface area contributed by atoms with Gasteiger partial charge in [-0.05, 0) is 75.7 Å². The number of hydrogen-bond donors (Lipinski definition) is 1. The van der Waals surface area contributed by atoms with Gasteiger partial charge in [-0.25, -0.2) is 0 Å². The Bertz CT molecular complexity index is 1310. The molecule has 5 nitrogen and oxygen atoms in total. The summed E-state index contributed by atoms with van der Waals surface area (Å²) >= 11 is 3.61. The van der Waals surface area contributed by atoms with E-state index in [1.165, 1.54) is 5.52 Å². The van der Waals surface area contributed by atoms with Crippen LogP contribution in [0.25, 0.3) is 21.8 Å². The fourth-order valence-electron chi connectivity index (χ4n) is 4.30. The zero-order chi connectivity index (χ0) is 23.6. The zero-order valence-corrected chi connectivity index (χ0v) is 21.9. The fourth-order valence-corrected chi connectivity index (χ4v) is 6.59. The van der Waals surface area contributed by atoms with Crippen LogP contribution in [0.2, 0.25) is 0 Å². The first-order chi connectivity index (χ1) is 15.9. The number of nitrogens with zero attached hydrogens (tertiary/aromatic N) is 1. The van der Waals surface area contributed by atoms with E-state index in [1.54, 1.807) is 0 Å². The molecule has 4 rings (SSSR count). The molecular formula is C26H30BrN2O3P. The average Bonchev–Trinajstić information content (AvgIpc) is 3.11. The molecule has 7 heteroatoms. The molecule has 0 aliphatic rings. The van der Waals surface area contributed by atoms with Crippen molar-refractivity contribution in [1.82, 2.24) is 4.57 Å². The maximum absolute atomic E-state index is 14.0. The molecule has 1 aromatic heterocycles. The summed E-state index contributed by atoms with van der Waals surface area (Å²) in [4.78, 5) is 0. The third-order valence-electron chi connectivity index (χ3n) is 5.77. The van der Waals surface area contributed by atoms with E-state index in [2.05, 4.69) is 63.1 Å². The van der Waals surface area contributed by atoms with E-state index in [-0.39, 0.29) is 0 Å². The average molecular weight is 529 g/mol. The number of anilines is 1. The first-order valence-corrected chi connectivity index (χ1v) is 13.7. The lowest BCUT2D eigenvalue weighted by atomic mass is 10.1. The number of halogens is 1. The smallest absolute Gasteiger partial charge is 0.357 e. The van der Waals surface area contributed by atoms with E-state index in [4.69, 9.17) is 9.05 Å². The standard InChI is InChI=1S/C26H30BrN2O3P/c1-5-29-24-14-10-19(16-22(24)23-17-20(27)11-15-25(23)29)26(33(30,31-6-2)32-7-3)28-21-12-8-18(4)9-13-21/h8-17,26,28H,5-7H2,1-4H3. The molecule has 1 heterocycles. The zero-order valence-electron chi connectivity index (χ0n) is 19.5. The highest BCUT2D eigenvalue weighted by atomic mass is 79.9. The summed E-state index contributed by atoms with van der Waals surface area (Å²) in [6.07, 6.45) is 0. The van der Waals surface area contributed by atoms with Crippen molar-refractivity contribution < 1.29 is 13.6 Å². The minimum atomic E-state index is -3.50. The van der Waals surface area contributed by atoms with E-state index in [1.807, 2.05) is 51.1 Å². The minimum absolute atomic E-state index is 0.299. The molecule has 0 aliphatic heterocycles. The summed E-state index contributed by atoms with van der Waals surface area (Å²) in [5.41, 5.74) is 5.21. The van der Waals surface area contributed by atoms with Gasteiger partial charge in [0.15, 0.2) is 5.78 Å². The predicted molar refractivity (Wildman–Crippen MR) is 141 cm³/mol. The topological polar surface area (TPSA) is 52.5 Å². The van der Waals surface area contributed by atoms with E-state index in [0.29, 0.717) is 13.2 Å². The van der Waals surface area contributed by atoms with Crippen molar-refractivity contribution in [2.75, 3.05) is 18.5 Å². The molecule has 0 saturated heterocycles. The van der Waals surface area contributed by atoms with E-state index >= 15 is 0 Å². The second-order valence-electron chi connectivity index (χ2n) is 7.97. The summed E-state index contributed by atoms with van der Waals surface area (Å²) in [6, 6.07) is 20.6. The summed E-state index contributed by atoms with van der Waals surface area (Å²) < 4.78 is 28.9. The van der Waals surface area contributed by atoms with E-state index < -0.39 is 13.4 Å². The summed E-state index contributed by atoms with van der Waals surface area (Å²) in [5.74, 6) is -0.642. The van der Waals surface area contributed by atoms with Crippen LogP contribution in [0.3, 0.4) is 0 Å². The van der Waals surface area contributed by atoms with Crippen molar-refractivity contribution in [3.05, 3.63) is 76.3 Å². The first-order valence-electron chi connectivity index (χ1n) is 11.3. The highest BCUT2D eigenvalue weighted by Crippen LogP contribution is 2.61. The van der Waals surface area contributed by atoms with Crippen molar-refractivity contribution in [2.45, 2.75) is 40.0 Å². The van der Waals surface area contributed by atoms with Crippen LogP contribution in [-0.2, 0) is 20.2 Å². The molecule has 0 fully saturated rings. The van der Waals surface area contributed by atoms with Crippen molar-refractivity contribution in [2.24, 2.45) is 0 Å². The lowest BCUT2D eigenvalue weighted by Crippen LogP contribution is -2.15. The lowest BCUT2D eigenvalue weighted by Gasteiger charge is -2.28. The Morgan fingerprint density at radius 2 is 1.52 bits per heavy atom. The second kappa shape index (κ2) is 10.0. The van der Waals surface area contributed by atoms with Gasteiger partial charge >= 0.3 is 7.60 Å². The molecule has 4 aromatic rings. The van der Waals surface area contributed by atoms with Gasteiger partial charge in [0.05, 0.1) is 13.2 Å². The summed E-state index contributed by atoms with van der Waals surface area (Å²) in [7, 11) is -3.50. The number of fused-ring (bicyclic) bond motifs is 3. The Hall–Kier alpha value is -2.11. The molecule has 0 saturated carbocycles. The lowest BCUT2D eigenvalue weighted by molar-refractivity contribution is 0.214. The third-order valence-corrected chi connectivity index (χ3v) is 8.56. The summed E-state index contributed by atoms with van der Waals surface area (Å²) in [5, 5.41) is 5.71. The molecule has 174 valence electrons. The Labute approximate surface area is 203 Å². The number of aryl methyl sites for hydroxylation is 2. The molecule has 0 spiro atoms. The first kappa shape index (κ1) is 24.0. The maximum atomic E-state index is 14.0. The number of benzene rings is 3. The van der Waals surface area contributed by atoms with Crippen molar-refractivity contribution in [3.8, 4) is 0 Å². The highest BCUT2D eigenvalue weighted by Gasteiger charge is 2.37. The third kappa shape index (κ3) is 4.76. The maximum Gasteiger partial charge on any atom is 0.357 e. The second-order valence-corrected chi connectivity index (χ2v) is 11.0. The Morgan fingerprint density at radius 3 is 2.12 bits per heavy atom. The molecule has 33 heavy (non-hydrogen) atoms. The van der Waals surface area contributed by atoms with Crippen LogP contribution in [-0.4, -0.2) is 17.8 Å². The van der Waals surface area contributed by atoms with Crippen molar-refractivity contribution in [1.29, 1.82) is 0 Å². The van der Waals surface area contributed by atoms with Crippen LogP contribution < -0.4 is 5.32 Å². The van der Waals surface area contributed by atoms with Gasteiger partial charge in [-0.1, -0.05) is 39.7 Å². The van der Waals surface area contributed by atoms with Crippen LogP contribution in [0.15, 0.2) is 65.1 Å². The molecule has 0 aliphatic carbocycles. The molecule has 1 N–H and O–H groups in total. The van der Waals surface area contributed by atoms with Crippen LogP contribution in [0.1, 0.15) is 37.7 Å².